The van der Waals surface area contributed by atoms with Crippen molar-refractivity contribution in [1.29, 1.82) is 0 Å². The zero-order chi connectivity index (χ0) is 20.3. The highest BCUT2D eigenvalue weighted by atomic mass is 35.5. The van der Waals surface area contributed by atoms with E-state index in [9.17, 15) is 9.59 Å². The molecule has 1 atom stereocenters. The summed E-state index contributed by atoms with van der Waals surface area (Å²) in [6.45, 7) is 5.21. The molecule has 3 rings (SSSR count). The Morgan fingerprint density at radius 2 is 1.97 bits per heavy atom. The summed E-state index contributed by atoms with van der Waals surface area (Å²) in [6, 6.07) is 10.0. The van der Waals surface area contributed by atoms with Gasteiger partial charge in [-0.2, -0.15) is 0 Å². The molecule has 1 aliphatic heterocycles. The number of fused-ring (bicyclic) bond motifs is 1. The number of allylic oxidation sites excluding steroid dienone is 3. The molecule has 0 fully saturated rings. The van der Waals surface area contributed by atoms with Crippen molar-refractivity contribution in [2.45, 2.75) is 26.4 Å². The molecule has 0 saturated carbocycles. The average Bonchev–Trinajstić information content (AvgIpc) is 2.65. The number of amides is 1. The second-order valence-corrected chi connectivity index (χ2v) is 7.51. The number of carbonyl (C=O) groups is 2. The highest BCUT2D eigenvalue weighted by Gasteiger charge is 2.33. The predicted octanol–water partition coefficient (Wildman–Crippen LogP) is 2.40. The van der Waals surface area contributed by atoms with Crippen LogP contribution in [0.1, 0.15) is 25.8 Å². The zero-order valence-corrected chi connectivity index (χ0v) is 17.6. The number of nitrogens with zero attached hydrogens (tertiary/aromatic N) is 1. The number of ether oxygens (including phenoxy) is 1. The Labute approximate surface area is 177 Å². The maximum atomic E-state index is 12.6. The summed E-state index contributed by atoms with van der Waals surface area (Å²) in [5, 5.41) is 0. The quantitative estimate of drug-likeness (QED) is 0.709. The van der Waals surface area contributed by atoms with Crippen molar-refractivity contribution in [3.63, 3.8) is 0 Å². The number of hydrogen-bond donors (Lipinski definition) is 2. The number of hydrogen-bond acceptors (Lipinski definition) is 5. The molecule has 0 spiro atoms. The molecule has 1 unspecified atom stereocenters. The van der Waals surface area contributed by atoms with Gasteiger partial charge in [-0.1, -0.05) is 44.2 Å². The minimum atomic E-state index is -0.783. The molecule has 1 aliphatic carbocycles. The van der Waals surface area contributed by atoms with Gasteiger partial charge in [0, 0.05) is 37.0 Å². The minimum absolute atomic E-state index is 0. The summed E-state index contributed by atoms with van der Waals surface area (Å²) in [5.74, 6) is -0.239. The molecule has 0 radical (unpaired) electrons. The van der Waals surface area contributed by atoms with E-state index in [-0.39, 0.29) is 31.2 Å². The van der Waals surface area contributed by atoms with E-state index in [1.54, 1.807) is 6.08 Å². The Morgan fingerprint density at radius 3 is 2.55 bits per heavy atom. The van der Waals surface area contributed by atoms with Crippen molar-refractivity contribution in [2.75, 3.05) is 19.7 Å². The highest BCUT2D eigenvalue weighted by Crippen LogP contribution is 2.41. The molecule has 1 aromatic carbocycles. The number of benzene rings is 1. The maximum absolute atomic E-state index is 12.6. The van der Waals surface area contributed by atoms with E-state index < -0.39 is 12.0 Å². The van der Waals surface area contributed by atoms with Crippen LogP contribution in [0.4, 0.5) is 0 Å². The molecule has 4 N–H and O–H groups in total. The fourth-order valence-corrected chi connectivity index (χ4v) is 3.67. The van der Waals surface area contributed by atoms with Gasteiger partial charge < -0.3 is 21.1 Å². The number of rotatable bonds is 7. The first-order valence-corrected chi connectivity index (χ1v) is 9.51. The van der Waals surface area contributed by atoms with Gasteiger partial charge in [0.25, 0.3) is 0 Å². The summed E-state index contributed by atoms with van der Waals surface area (Å²) < 4.78 is 5.45. The van der Waals surface area contributed by atoms with Crippen LogP contribution in [0.3, 0.4) is 0 Å². The van der Waals surface area contributed by atoms with E-state index in [0.717, 1.165) is 34.5 Å². The molecule has 1 amide bonds. The molecule has 0 saturated heterocycles. The Hall–Kier alpha value is -2.41. The third-order valence-electron chi connectivity index (χ3n) is 4.79. The summed E-state index contributed by atoms with van der Waals surface area (Å²) in [4.78, 5) is 25.8. The second-order valence-electron chi connectivity index (χ2n) is 7.51. The van der Waals surface area contributed by atoms with Gasteiger partial charge in [-0.3, -0.25) is 9.59 Å². The molecule has 0 bridgehead atoms. The van der Waals surface area contributed by atoms with Crippen LogP contribution >= 0.6 is 12.4 Å². The monoisotopic (exact) mass is 417 g/mol. The van der Waals surface area contributed by atoms with Gasteiger partial charge in [-0.05, 0) is 28.7 Å². The molecule has 1 aromatic rings. The van der Waals surface area contributed by atoms with Crippen LogP contribution in [0.15, 0.2) is 59.5 Å². The maximum Gasteiger partial charge on any atom is 0.243 e. The average molecular weight is 418 g/mol. The molecule has 6 nitrogen and oxygen atoms in total. The molecular weight excluding hydrogens is 390 g/mol. The van der Waals surface area contributed by atoms with Gasteiger partial charge in [0.2, 0.25) is 5.91 Å². The van der Waals surface area contributed by atoms with Crippen molar-refractivity contribution >= 4 is 29.7 Å². The number of Topliss-reactive ketones (excluding diaryl/α,β-unsaturated/α-hetero) is 1. The van der Waals surface area contributed by atoms with E-state index in [1.165, 1.54) is 0 Å². The molecule has 7 heteroatoms. The van der Waals surface area contributed by atoms with Gasteiger partial charge in [-0.15, -0.1) is 12.4 Å². The van der Waals surface area contributed by atoms with Crippen LogP contribution in [0.5, 0.6) is 0 Å². The Morgan fingerprint density at radius 1 is 1.28 bits per heavy atom. The standard InChI is InChI=1S/C22H27N3O3.ClH/c1-14(2)11-25-12-16-8-19(26)20(28-13-21(24)27)9-17(16)22(18(25)10-23)15-6-4-3-5-7-15;/h3-7,9,12,14,20H,8,10-11,13,23H2,1-2H3,(H2,24,27);1H. The van der Waals surface area contributed by atoms with Crippen LogP contribution in [-0.2, 0) is 14.3 Å². The van der Waals surface area contributed by atoms with Crippen molar-refractivity contribution in [2.24, 2.45) is 17.4 Å². The molecule has 29 heavy (non-hydrogen) atoms. The van der Waals surface area contributed by atoms with E-state index in [0.29, 0.717) is 12.5 Å². The van der Waals surface area contributed by atoms with E-state index >= 15 is 0 Å². The van der Waals surface area contributed by atoms with Crippen LogP contribution in [0.2, 0.25) is 0 Å². The third-order valence-corrected chi connectivity index (χ3v) is 4.79. The minimum Gasteiger partial charge on any atom is -0.368 e. The first kappa shape index (κ1) is 22.9. The fourth-order valence-electron chi connectivity index (χ4n) is 3.67. The lowest BCUT2D eigenvalue weighted by Gasteiger charge is -2.36. The van der Waals surface area contributed by atoms with E-state index in [1.807, 2.05) is 36.5 Å². The van der Waals surface area contributed by atoms with Crippen molar-refractivity contribution in [1.82, 2.24) is 4.90 Å². The van der Waals surface area contributed by atoms with Crippen LogP contribution in [0, 0.1) is 5.92 Å². The largest absolute Gasteiger partial charge is 0.368 e. The van der Waals surface area contributed by atoms with Gasteiger partial charge in [0.1, 0.15) is 12.7 Å². The molecule has 0 aromatic heterocycles. The summed E-state index contributed by atoms with van der Waals surface area (Å²) >= 11 is 0. The van der Waals surface area contributed by atoms with Gasteiger partial charge in [0.15, 0.2) is 5.78 Å². The first-order valence-electron chi connectivity index (χ1n) is 9.51. The van der Waals surface area contributed by atoms with Gasteiger partial charge in [0.05, 0.1) is 0 Å². The third kappa shape index (κ3) is 5.15. The molecule has 2 aliphatic rings. The predicted molar refractivity (Wildman–Crippen MR) is 116 cm³/mol. The lowest BCUT2D eigenvalue weighted by atomic mass is 9.81. The fraction of sp³-hybridized carbons (Fsp3) is 0.364. The van der Waals surface area contributed by atoms with Crippen LogP contribution < -0.4 is 11.5 Å². The Balaban J connectivity index is 0.00000300. The number of halogens is 1. The summed E-state index contributed by atoms with van der Waals surface area (Å²) in [5.41, 5.74) is 16.3. The van der Waals surface area contributed by atoms with Crippen molar-refractivity contribution in [3.8, 4) is 0 Å². The normalized spacial score (nSPS) is 18.8. The van der Waals surface area contributed by atoms with Crippen LogP contribution in [-0.4, -0.2) is 42.4 Å². The Bertz CT molecular complexity index is 859. The molecular formula is C22H28ClN3O3. The van der Waals surface area contributed by atoms with E-state index in [2.05, 4.69) is 18.7 Å². The van der Waals surface area contributed by atoms with E-state index in [4.69, 9.17) is 16.2 Å². The summed E-state index contributed by atoms with van der Waals surface area (Å²) in [7, 11) is 0. The first-order chi connectivity index (χ1) is 13.4. The lowest BCUT2D eigenvalue weighted by molar-refractivity contribution is -0.132. The molecule has 1 heterocycles. The molecule has 156 valence electrons. The smallest absolute Gasteiger partial charge is 0.243 e. The zero-order valence-electron chi connectivity index (χ0n) is 16.8. The van der Waals surface area contributed by atoms with Gasteiger partial charge >= 0.3 is 0 Å². The van der Waals surface area contributed by atoms with Crippen molar-refractivity contribution in [3.05, 3.63) is 65.0 Å². The van der Waals surface area contributed by atoms with Crippen molar-refractivity contribution < 1.29 is 14.3 Å². The number of nitrogens with two attached hydrogens (primary N) is 2. The topological polar surface area (TPSA) is 98.6 Å². The number of carbonyl (C=O) groups excluding carboxylic acids is 2. The highest BCUT2D eigenvalue weighted by molar-refractivity contribution is 5.97. The number of primary amides is 1. The van der Waals surface area contributed by atoms with Gasteiger partial charge in [-0.25, -0.2) is 0 Å². The second kappa shape index (κ2) is 9.87. The summed E-state index contributed by atoms with van der Waals surface area (Å²) in [6.07, 6.45) is 3.29. The van der Waals surface area contributed by atoms with Crippen LogP contribution in [0.25, 0.3) is 5.57 Å². The Kier molecular flexibility index (Phi) is 7.79. The SMILES string of the molecule is CC(C)CN1C=C2CC(=O)C(OCC(N)=O)C=C2C(c2ccccc2)=C1CN.Cl. The number of ketones is 1. The lowest BCUT2D eigenvalue weighted by Crippen LogP contribution is -2.35.